The molecule has 48 heavy (non-hydrogen) atoms. The third-order valence-corrected chi connectivity index (χ3v) is 10.4. The number of amides is 4. The molecule has 2 fully saturated rings. The van der Waals surface area contributed by atoms with Crippen molar-refractivity contribution in [2.75, 3.05) is 32.7 Å². The van der Waals surface area contributed by atoms with Crippen LogP contribution in [0.4, 0.5) is 9.59 Å². The Balaban J connectivity index is 1.06. The van der Waals surface area contributed by atoms with Gasteiger partial charge in [0.05, 0.1) is 0 Å². The molecule has 10 heteroatoms. The fourth-order valence-corrected chi connectivity index (χ4v) is 7.38. The number of carbonyl (C=O) groups is 3. The van der Waals surface area contributed by atoms with Crippen LogP contribution in [0.3, 0.4) is 0 Å². The monoisotopic (exact) mass is 668 g/mol. The molecule has 2 atom stereocenters. The molecular formula is C38H43ClN5O4-. The Kier molecular flexibility index (Phi) is 10.4. The molecule has 6 rings (SSSR count). The quantitative estimate of drug-likeness (QED) is 0.181. The Morgan fingerprint density at radius 3 is 2.52 bits per heavy atom. The van der Waals surface area contributed by atoms with E-state index in [0.717, 1.165) is 72.9 Å². The molecule has 1 unspecified atom stereocenters. The Hall–Kier alpha value is -4.34. The summed E-state index contributed by atoms with van der Waals surface area (Å²) in [6.07, 6.45) is 4.71. The topological polar surface area (TPSA) is 112 Å². The van der Waals surface area contributed by atoms with Gasteiger partial charge in [-0.05, 0) is 86.1 Å². The molecule has 0 radical (unpaired) electrons. The Morgan fingerprint density at radius 2 is 1.77 bits per heavy atom. The number of nitrogens with one attached hydrogen (secondary N) is 2. The Bertz CT molecular complexity index is 1740. The van der Waals surface area contributed by atoms with Gasteiger partial charge in [-0.3, -0.25) is 9.69 Å². The van der Waals surface area contributed by atoms with Crippen molar-refractivity contribution in [3.8, 4) is 0 Å². The number of benzene rings is 3. The van der Waals surface area contributed by atoms with Crippen molar-refractivity contribution >= 4 is 40.5 Å². The molecule has 2 aliphatic heterocycles. The molecule has 3 heterocycles. The van der Waals surface area contributed by atoms with Crippen molar-refractivity contribution < 1.29 is 19.5 Å². The number of urea groups is 1. The Morgan fingerprint density at radius 1 is 1.02 bits per heavy atom. The van der Waals surface area contributed by atoms with Crippen LogP contribution in [-0.2, 0) is 23.2 Å². The van der Waals surface area contributed by atoms with Crippen molar-refractivity contribution in [2.45, 2.75) is 57.0 Å². The lowest BCUT2D eigenvalue weighted by atomic mass is 9.78. The van der Waals surface area contributed by atoms with E-state index >= 15 is 0 Å². The second-order valence-corrected chi connectivity index (χ2v) is 14.0. The van der Waals surface area contributed by atoms with Crippen LogP contribution in [0.25, 0.3) is 10.9 Å². The molecule has 2 aliphatic rings. The van der Waals surface area contributed by atoms with Crippen LogP contribution in [0, 0.1) is 5.92 Å². The van der Waals surface area contributed by atoms with Crippen molar-refractivity contribution in [1.82, 2.24) is 25.0 Å². The minimum absolute atomic E-state index is 0.211. The maximum Gasteiger partial charge on any atom is 0.324 e. The predicted molar refractivity (Wildman–Crippen MR) is 185 cm³/mol. The van der Waals surface area contributed by atoms with Gasteiger partial charge in [0.2, 0.25) is 0 Å². The zero-order chi connectivity index (χ0) is 33.7. The lowest BCUT2D eigenvalue weighted by Gasteiger charge is -2.38. The van der Waals surface area contributed by atoms with Crippen LogP contribution in [0.5, 0.6) is 0 Å². The summed E-state index contributed by atoms with van der Waals surface area (Å²) in [5.41, 5.74) is 3.43. The molecule has 0 aliphatic carbocycles. The molecule has 2 saturated heterocycles. The van der Waals surface area contributed by atoms with Gasteiger partial charge in [-0.25, -0.2) is 4.79 Å². The van der Waals surface area contributed by atoms with E-state index in [9.17, 15) is 19.5 Å². The number of carboxylic acid groups (broad SMARTS) is 1. The minimum atomic E-state index is -1.13. The van der Waals surface area contributed by atoms with Gasteiger partial charge in [-0.1, -0.05) is 79.2 Å². The number of hydrogen-bond donors (Lipinski definition) is 2. The molecule has 0 spiro atoms. The van der Waals surface area contributed by atoms with Crippen LogP contribution in [-0.4, -0.2) is 76.5 Å². The fourth-order valence-electron chi connectivity index (χ4n) is 7.19. The van der Waals surface area contributed by atoms with E-state index in [-0.39, 0.29) is 18.5 Å². The average Bonchev–Trinajstić information content (AvgIpc) is 3.62. The first kappa shape index (κ1) is 33.6. The zero-order valence-electron chi connectivity index (χ0n) is 27.4. The highest BCUT2D eigenvalue weighted by Gasteiger charge is 2.42. The van der Waals surface area contributed by atoms with E-state index in [1.165, 1.54) is 9.80 Å². The van der Waals surface area contributed by atoms with E-state index in [0.29, 0.717) is 30.5 Å². The van der Waals surface area contributed by atoms with Gasteiger partial charge in [-0.15, -0.1) is 0 Å². The number of fused-ring (bicyclic) bond motifs is 1. The number of piperidine rings is 1. The van der Waals surface area contributed by atoms with Gasteiger partial charge in [-0.2, -0.15) is 0 Å². The number of H-pyrrole nitrogens is 1. The van der Waals surface area contributed by atoms with Crippen LogP contribution < -0.4 is 10.4 Å². The smallest absolute Gasteiger partial charge is 0.324 e. The standard InChI is InChI=1S/C38H44ClN5O4/c1-38(30-10-7-11-31(39)23-30,26-44-35(45)34(41-36(44)46)22-29-24-40-33-13-6-5-12-32(29)33)17-21-42-18-14-27(15-19-42)16-20-43(37(47)48)25-28-8-3-2-4-9-28/h2-13,23-24,27,34,40H,14-22,25-26H2,1H3,(H,41,46)(H,47,48)/p-1/t34-,38?/m1/s1. The second kappa shape index (κ2) is 14.8. The van der Waals surface area contributed by atoms with E-state index in [2.05, 4.69) is 22.1 Å². The predicted octanol–water partition coefficient (Wildman–Crippen LogP) is 5.58. The van der Waals surface area contributed by atoms with Crippen LogP contribution in [0.1, 0.15) is 49.3 Å². The lowest BCUT2D eigenvalue weighted by molar-refractivity contribution is -0.266. The average molecular weight is 669 g/mol. The number of hydrogen-bond acceptors (Lipinski definition) is 5. The summed E-state index contributed by atoms with van der Waals surface area (Å²) < 4.78 is 0. The number of aromatic nitrogens is 1. The highest BCUT2D eigenvalue weighted by molar-refractivity contribution is 6.30. The first-order valence-corrected chi connectivity index (χ1v) is 17.2. The highest BCUT2D eigenvalue weighted by atomic mass is 35.5. The van der Waals surface area contributed by atoms with Crippen molar-refractivity contribution in [1.29, 1.82) is 0 Å². The summed E-state index contributed by atoms with van der Waals surface area (Å²) in [5, 5.41) is 16.4. The number of nitrogens with zero attached hydrogens (tertiary/aromatic N) is 3. The summed E-state index contributed by atoms with van der Waals surface area (Å²) in [6, 6.07) is 24.3. The van der Waals surface area contributed by atoms with Crippen LogP contribution in [0.15, 0.2) is 85.1 Å². The molecular weight excluding hydrogens is 626 g/mol. The molecule has 0 bridgehead atoms. The number of imide groups is 1. The fraction of sp³-hybridized carbons (Fsp3) is 0.395. The number of rotatable bonds is 13. The van der Waals surface area contributed by atoms with E-state index in [4.69, 9.17) is 11.6 Å². The normalized spacial score (nSPS) is 18.6. The van der Waals surface area contributed by atoms with Crippen LogP contribution in [0.2, 0.25) is 5.02 Å². The third-order valence-electron chi connectivity index (χ3n) is 10.2. The summed E-state index contributed by atoms with van der Waals surface area (Å²) in [4.78, 5) is 47.2. The number of halogens is 1. The van der Waals surface area contributed by atoms with Crippen molar-refractivity contribution in [3.63, 3.8) is 0 Å². The largest absolute Gasteiger partial charge is 0.530 e. The first-order chi connectivity index (χ1) is 23.2. The van der Waals surface area contributed by atoms with Gasteiger partial charge in [0.15, 0.2) is 0 Å². The summed E-state index contributed by atoms with van der Waals surface area (Å²) >= 11 is 6.44. The summed E-state index contributed by atoms with van der Waals surface area (Å²) in [7, 11) is 0. The van der Waals surface area contributed by atoms with Gasteiger partial charge < -0.3 is 30.0 Å². The van der Waals surface area contributed by atoms with Gasteiger partial charge in [0.1, 0.15) is 12.1 Å². The maximum atomic E-state index is 13.7. The second-order valence-electron chi connectivity index (χ2n) is 13.6. The number of likely N-dealkylation sites (tertiary alicyclic amines) is 1. The molecule has 9 nitrogen and oxygen atoms in total. The van der Waals surface area contributed by atoms with Crippen LogP contribution >= 0.6 is 11.6 Å². The molecule has 1 aromatic heterocycles. The first-order valence-electron chi connectivity index (χ1n) is 16.8. The lowest BCUT2D eigenvalue weighted by Crippen LogP contribution is -2.45. The van der Waals surface area contributed by atoms with Gasteiger partial charge in [0.25, 0.3) is 5.91 Å². The van der Waals surface area contributed by atoms with E-state index < -0.39 is 17.6 Å². The molecule has 2 N–H and O–H groups in total. The summed E-state index contributed by atoms with van der Waals surface area (Å²) in [5.74, 6) is 0.232. The zero-order valence-corrected chi connectivity index (χ0v) is 28.1. The molecule has 4 aromatic rings. The number of aromatic amines is 1. The summed E-state index contributed by atoms with van der Waals surface area (Å²) in [6.45, 7) is 5.79. The van der Waals surface area contributed by atoms with Crippen molar-refractivity contribution in [2.24, 2.45) is 5.92 Å². The molecule has 4 amide bonds. The van der Waals surface area contributed by atoms with E-state index in [1.807, 2.05) is 85.1 Å². The highest BCUT2D eigenvalue weighted by Crippen LogP contribution is 2.33. The van der Waals surface area contributed by atoms with Gasteiger partial charge in [0, 0.05) is 53.6 Å². The van der Waals surface area contributed by atoms with E-state index in [1.54, 1.807) is 0 Å². The van der Waals surface area contributed by atoms with Crippen molar-refractivity contribution in [3.05, 3.63) is 107 Å². The third kappa shape index (κ3) is 7.85. The molecule has 0 saturated carbocycles. The minimum Gasteiger partial charge on any atom is -0.530 e. The molecule has 252 valence electrons. The SMILES string of the molecule is CC(CCN1CCC(CCN(Cc2ccccc2)C(=O)[O-])CC1)(CN1C(=O)N[C@H](Cc2c[nH]c3ccccc23)C1=O)c1cccc(Cl)c1. The molecule has 3 aromatic carbocycles. The maximum absolute atomic E-state index is 13.7. The van der Waals surface area contributed by atoms with Gasteiger partial charge >= 0.3 is 6.03 Å². The number of para-hydroxylation sites is 1. The Labute approximate surface area is 286 Å². The number of carbonyl (C=O) groups excluding carboxylic acids is 3.